The van der Waals surface area contributed by atoms with Gasteiger partial charge < -0.3 is 10.5 Å². The minimum Gasteiger partial charge on any atom is -0.495 e. The Kier molecular flexibility index (Phi) is 4.85. The van der Waals surface area contributed by atoms with Gasteiger partial charge in [0.1, 0.15) is 10.6 Å². The molecule has 0 aliphatic heterocycles. The zero-order valence-electron chi connectivity index (χ0n) is 12.3. The van der Waals surface area contributed by atoms with Crippen molar-refractivity contribution in [3.05, 3.63) is 16.6 Å². The molecule has 1 aliphatic carbocycles. The lowest BCUT2D eigenvalue weighted by Crippen LogP contribution is -2.34. The predicted octanol–water partition coefficient (Wildman–Crippen LogP) is 2.90. The Morgan fingerprint density at radius 3 is 2.57 bits per heavy atom. The summed E-state index contributed by atoms with van der Waals surface area (Å²) in [6, 6.07) is 2.99. The van der Waals surface area contributed by atoms with Crippen molar-refractivity contribution in [2.75, 3.05) is 19.4 Å². The van der Waals surface area contributed by atoms with Gasteiger partial charge in [0.25, 0.3) is 0 Å². The number of ether oxygens (including phenoxy) is 1. The summed E-state index contributed by atoms with van der Waals surface area (Å²) in [6.45, 7) is 2.56. The molecule has 0 bridgehead atoms. The van der Waals surface area contributed by atoms with Crippen LogP contribution in [0.5, 0.6) is 5.75 Å². The Bertz CT molecular complexity index is 625. The molecule has 1 aliphatic rings. The van der Waals surface area contributed by atoms with Crippen LogP contribution in [-0.2, 0) is 10.0 Å². The molecule has 1 fully saturated rings. The summed E-state index contributed by atoms with van der Waals surface area (Å²) >= 11 is 3.27. The minimum absolute atomic E-state index is 0.0429. The van der Waals surface area contributed by atoms with Gasteiger partial charge in [0.15, 0.2) is 0 Å². The van der Waals surface area contributed by atoms with E-state index in [0.29, 0.717) is 16.7 Å². The average molecular weight is 377 g/mol. The van der Waals surface area contributed by atoms with E-state index in [1.807, 2.05) is 0 Å². The van der Waals surface area contributed by atoms with E-state index in [9.17, 15) is 8.42 Å². The molecule has 2 rings (SSSR count). The Morgan fingerprint density at radius 2 is 2.00 bits per heavy atom. The first-order valence-corrected chi connectivity index (χ1v) is 9.18. The number of anilines is 1. The molecule has 1 saturated carbocycles. The molecule has 0 atom stereocenters. The quantitative estimate of drug-likeness (QED) is 0.774. The largest absolute Gasteiger partial charge is 0.495 e. The van der Waals surface area contributed by atoms with Crippen LogP contribution in [0.1, 0.15) is 32.6 Å². The SMILES string of the molecule is COc1cc(Br)c(N)cc1S(=O)(=O)NCC1(C)CCCC1. The van der Waals surface area contributed by atoms with Crippen molar-refractivity contribution in [1.29, 1.82) is 0 Å². The molecule has 0 saturated heterocycles. The van der Waals surface area contributed by atoms with E-state index >= 15 is 0 Å². The first kappa shape index (κ1) is 16.6. The Labute approximate surface area is 134 Å². The van der Waals surface area contributed by atoms with E-state index in [-0.39, 0.29) is 16.1 Å². The van der Waals surface area contributed by atoms with Crippen LogP contribution >= 0.6 is 15.9 Å². The van der Waals surface area contributed by atoms with Crippen molar-refractivity contribution in [3.8, 4) is 5.75 Å². The highest BCUT2D eigenvalue weighted by molar-refractivity contribution is 9.10. The smallest absolute Gasteiger partial charge is 0.244 e. The van der Waals surface area contributed by atoms with Gasteiger partial charge in [-0.2, -0.15) is 0 Å². The summed E-state index contributed by atoms with van der Waals surface area (Å²) < 4.78 is 33.5. The third-order valence-corrected chi connectivity index (χ3v) is 6.18. The zero-order valence-corrected chi connectivity index (χ0v) is 14.7. The minimum atomic E-state index is -3.64. The van der Waals surface area contributed by atoms with E-state index in [4.69, 9.17) is 10.5 Å². The highest BCUT2D eigenvalue weighted by Crippen LogP contribution is 2.37. The standard InChI is InChI=1S/C14H21BrN2O3S/c1-14(5-3-4-6-14)9-17-21(18,19)13-8-11(16)10(15)7-12(13)20-2/h7-8,17H,3-6,9,16H2,1-2H3. The lowest BCUT2D eigenvalue weighted by molar-refractivity contribution is 0.335. The number of hydrogen-bond acceptors (Lipinski definition) is 4. The number of hydrogen-bond donors (Lipinski definition) is 2. The fourth-order valence-corrected chi connectivity index (χ4v) is 4.38. The van der Waals surface area contributed by atoms with Crippen LogP contribution in [0.4, 0.5) is 5.69 Å². The Hall–Kier alpha value is -0.790. The third-order valence-electron chi connectivity index (χ3n) is 4.07. The monoisotopic (exact) mass is 376 g/mol. The van der Waals surface area contributed by atoms with E-state index in [1.165, 1.54) is 13.2 Å². The predicted molar refractivity (Wildman–Crippen MR) is 86.9 cm³/mol. The van der Waals surface area contributed by atoms with Gasteiger partial charge in [0, 0.05) is 16.7 Å². The van der Waals surface area contributed by atoms with Crippen molar-refractivity contribution in [1.82, 2.24) is 4.72 Å². The van der Waals surface area contributed by atoms with Gasteiger partial charge in [-0.05, 0) is 46.3 Å². The number of methoxy groups -OCH3 is 1. The first-order valence-electron chi connectivity index (χ1n) is 6.90. The Balaban J connectivity index is 2.25. The molecular formula is C14H21BrN2O3S. The van der Waals surface area contributed by atoms with Gasteiger partial charge in [-0.15, -0.1) is 0 Å². The number of sulfonamides is 1. The number of nitrogens with one attached hydrogen (secondary N) is 1. The van der Waals surface area contributed by atoms with Crippen LogP contribution in [-0.4, -0.2) is 22.1 Å². The van der Waals surface area contributed by atoms with Gasteiger partial charge in [-0.1, -0.05) is 19.8 Å². The molecule has 21 heavy (non-hydrogen) atoms. The number of benzene rings is 1. The second-order valence-corrected chi connectivity index (χ2v) is 8.46. The second-order valence-electron chi connectivity index (χ2n) is 5.87. The van der Waals surface area contributed by atoms with Crippen LogP contribution in [0.25, 0.3) is 0 Å². The fourth-order valence-electron chi connectivity index (χ4n) is 2.67. The molecule has 0 heterocycles. The number of nitrogen functional groups attached to an aromatic ring is 1. The molecular weight excluding hydrogens is 356 g/mol. The van der Waals surface area contributed by atoms with Crippen LogP contribution in [0.15, 0.2) is 21.5 Å². The van der Waals surface area contributed by atoms with Crippen molar-refractivity contribution in [2.45, 2.75) is 37.5 Å². The lowest BCUT2D eigenvalue weighted by Gasteiger charge is -2.24. The average Bonchev–Trinajstić information content (AvgIpc) is 2.87. The third kappa shape index (κ3) is 3.70. The molecule has 0 spiro atoms. The molecule has 1 aromatic carbocycles. The molecule has 5 nitrogen and oxygen atoms in total. The fraction of sp³-hybridized carbons (Fsp3) is 0.571. The van der Waals surface area contributed by atoms with Crippen LogP contribution in [0.2, 0.25) is 0 Å². The van der Waals surface area contributed by atoms with Gasteiger partial charge in [-0.3, -0.25) is 0 Å². The Morgan fingerprint density at radius 1 is 1.38 bits per heavy atom. The maximum absolute atomic E-state index is 12.5. The van der Waals surface area contributed by atoms with Gasteiger partial charge >= 0.3 is 0 Å². The summed E-state index contributed by atoms with van der Waals surface area (Å²) in [4.78, 5) is 0.0762. The van der Waals surface area contributed by atoms with Crippen LogP contribution in [0.3, 0.4) is 0 Å². The second kappa shape index (κ2) is 6.14. The van der Waals surface area contributed by atoms with Gasteiger partial charge in [0.2, 0.25) is 10.0 Å². The molecule has 0 amide bonds. The highest BCUT2D eigenvalue weighted by atomic mass is 79.9. The molecule has 7 heteroatoms. The first-order chi connectivity index (χ1) is 9.77. The topological polar surface area (TPSA) is 81.4 Å². The van der Waals surface area contributed by atoms with E-state index in [1.54, 1.807) is 6.07 Å². The van der Waals surface area contributed by atoms with E-state index in [2.05, 4.69) is 27.6 Å². The summed E-state index contributed by atoms with van der Waals surface area (Å²) in [5.74, 6) is 0.278. The normalized spacial score (nSPS) is 17.9. The summed E-state index contributed by atoms with van der Waals surface area (Å²) in [7, 11) is -2.20. The summed E-state index contributed by atoms with van der Waals surface area (Å²) in [5.41, 5.74) is 6.20. The number of halogens is 1. The molecule has 0 unspecified atom stereocenters. The lowest BCUT2D eigenvalue weighted by atomic mass is 9.89. The number of rotatable bonds is 5. The molecule has 118 valence electrons. The van der Waals surface area contributed by atoms with Crippen molar-refractivity contribution >= 4 is 31.6 Å². The zero-order chi connectivity index (χ0) is 15.7. The van der Waals surface area contributed by atoms with Crippen LogP contribution in [0, 0.1) is 5.41 Å². The van der Waals surface area contributed by atoms with Crippen molar-refractivity contribution < 1.29 is 13.2 Å². The van der Waals surface area contributed by atoms with Crippen molar-refractivity contribution in [3.63, 3.8) is 0 Å². The number of nitrogens with two attached hydrogens (primary N) is 1. The highest BCUT2D eigenvalue weighted by Gasteiger charge is 2.31. The van der Waals surface area contributed by atoms with E-state index < -0.39 is 10.0 Å². The molecule has 0 aromatic heterocycles. The van der Waals surface area contributed by atoms with Gasteiger partial charge in [-0.25, -0.2) is 13.1 Å². The molecule has 1 aromatic rings. The molecule has 3 N–H and O–H groups in total. The summed E-state index contributed by atoms with van der Waals surface area (Å²) in [6.07, 6.45) is 4.42. The van der Waals surface area contributed by atoms with Crippen LogP contribution < -0.4 is 15.2 Å². The van der Waals surface area contributed by atoms with E-state index in [0.717, 1.165) is 25.7 Å². The summed E-state index contributed by atoms with van der Waals surface area (Å²) in [5, 5.41) is 0. The maximum atomic E-state index is 12.5. The van der Waals surface area contributed by atoms with Crippen molar-refractivity contribution in [2.24, 2.45) is 5.41 Å². The van der Waals surface area contributed by atoms with Gasteiger partial charge in [0.05, 0.1) is 7.11 Å². The molecule has 0 radical (unpaired) electrons. The maximum Gasteiger partial charge on any atom is 0.244 e.